The summed E-state index contributed by atoms with van der Waals surface area (Å²) in [5.74, 6) is -0.807. The third-order valence-corrected chi connectivity index (χ3v) is 6.10. The van der Waals surface area contributed by atoms with Crippen LogP contribution in [-0.4, -0.2) is 16.8 Å². The monoisotopic (exact) mass is 417 g/mol. The van der Waals surface area contributed by atoms with E-state index in [0.29, 0.717) is 10.6 Å². The molecule has 148 valence electrons. The third kappa shape index (κ3) is 2.87. The predicted octanol–water partition coefficient (Wildman–Crippen LogP) is 5.03. The van der Waals surface area contributed by atoms with Crippen LogP contribution in [-0.2, 0) is 6.42 Å². The summed E-state index contributed by atoms with van der Waals surface area (Å²) in [5.41, 5.74) is 5.40. The molecule has 30 heavy (non-hydrogen) atoms. The average molecular weight is 418 g/mol. The second-order valence-corrected chi connectivity index (χ2v) is 7.84. The van der Waals surface area contributed by atoms with Crippen molar-refractivity contribution < 1.29 is 14.3 Å². The van der Waals surface area contributed by atoms with Gasteiger partial charge in [0.05, 0.1) is 46.1 Å². The van der Waals surface area contributed by atoms with Gasteiger partial charge in [-0.25, -0.2) is 4.79 Å². The molecule has 2 unspecified atom stereocenters. The lowest BCUT2D eigenvalue weighted by atomic mass is 9.77. The van der Waals surface area contributed by atoms with Gasteiger partial charge in [-0.2, -0.15) is 10.4 Å². The first-order valence-corrected chi connectivity index (χ1v) is 9.90. The van der Waals surface area contributed by atoms with E-state index >= 15 is 0 Å². The Bertz CT molecular complexity index is 1230. The van der Waals surface area contributed by atoms with Crippen molar-refractivity contribution in [1.82, 2.24) is 0 Å². The molecule has 0 bridgehead atoms. The summed E-state index contributed by atoms with van der Waals surface area (Å²) < 4.78 is 5.35. The van der Waals surface area contributed by atoms with Crippen molar-refractivity contribution in [2.75, 3.05) is 5.01 Å². The summed E-state index contributed by atoms with van der Waals surface area (Å²) in [5, 5.41) is 25.8. The van der Waals surface area contributed by atoms with Crippen LogP contribution < -0.4 is 5.01 Å². The molecule has 0 saturated heterocycles. The van der Waals surface area contributed by atoms with Gasteiger partial charge in [-0.15, -0.1) is 0 Å². The van der Waals surface area contributed by atoms with Crippen LogP contribution in [0.5, 0.6) is 0 Å². The molecule has 7 heteroatoms. The molecule has 2 aromatic carbocycles. The molecule has 5 rings (SSSR count). The maximum atomic E-state index is 11.4. The normalized spacial score (nSPS) is 19.6. The number of nitrogens with zero attached hydrogens (tertiary/aromatic N) is 3. The van der Waals surface area contributed by atoms with Crippen LogP contribution >= 0.6 is 11.6 Å². The maximum Gasteiger partial charge on any atom is 0.335 e. The van der Waals surface area contributed by atoms with E-state index in [0.717, 1.165) is 40.9 Å². The van der Waals surface area contributed by atoms with Crippen LogP contribution in [0.2, 0.25) is 5.02 Å². The smallest absolute Gasteiger partial charge is 0.335 e. The summed E-state index contributed by atoms with van der Waals surface area (Å²) in [7, 11) is 0. The zero-order chi connectivity index (χ0) is 20.8. The molecule has 1 aromatic heterocycles. The summed E-state index contributed by atoms with van der Waals surface area (Å²) >= 11 is 6.29. The van der Waals surface area contributed by atoms with Crippen molar-refractivity contribution in [2.45, 2.75) is 18.9 Å². The largest absolute Gasteiger partial charge is 0.478 e. The molecule has 1 aliphatic heterocycles. The Balaban J connectivity index is 1.63. The number of hydrazone groups is 1. The minimum atomic E-state index is -0.932. The van der Waals surface area contributed by atoms with Crippen molar-refractivity contribution >= 4 is 29.0 Å². The molecule has 2 heterocycles. The van der Waals surface area contributed by atoms with Crippen LogP contribution in [0.25, 0.3) is 0 Å². The number of carbonyl (C=O) groups is 1. The fourth-order valence-electron chi connectivity index (χ4n) is 4.39. The molecule has 0 radical (unpaired) electrons. The van der Waals surface area contributed by atoms with E-state index < -0.39 is 5.97 Å². The van der Waals surface area contributed by atoms with Crippen LogP contribution in [0.15, 0.2) is 64.5 Å². The number of furan rings is 1. The van der Waals surface area contributed by atoms with Gasteiger partial charge in [0.15, 0.2) is 0 Å². The van der Waals surface area contributed by atoms with Crippen LogP contribution in [0, 0.1) is 17.2 Å². The first kappa shape index (κ1) is 18.5. The van der Waals surface area contributed by atoms with Gasteiger partial charge in [-0.05, 0) is 54.8 Å². The first-order valence-electron chi connectivity index (χ1n) is 9.53. The lowest BCUT2D eigenvalue weighted by Gasteiger charge is -2.29. The zero-order valence-electron chi connectivity index (χ0n) is 15.7. The van der Waals surface area contributed by atoms with Gasteiger partial charge in [0.2, 0.25) is 0 Å². The number of halogens is 1. The SMILES string of the molecule is N#Cc1ccc(N2N=C3c4ccc(C(=O)O)cc4CCC3C2c2ccoc2)cc1Cl. The molecular formula is C23H16ClN3O3. The number of anilines is 1. The fourth-order valence-corrected chi connectivity index (χ4v) is 4.60. The van der Waals surface area contributed by atoms with E-state index in [1.165, 1.54) is 0 Å². The number of carboxylic acids is 1. The molecule has 3 aromatic rings. The predicted molar refractivity (Wildman–Crippen MR) is 112 cm³/mol. The maximum absolute atomic E-state index is 11.4. The Morgan fingerprint density at radius 3 is 2.83 bits per heavy atom. The van der Waals surface area contributed by atoms with Crippen LogP contribution in [0.3, 0.4) is 0 Å². The Hall–Kier alpha value is -3.56. The van der Waals surface area contributed by atoms with Crippen LogP contribution in [0.4, 0.5) is 5.69 Å². The highest BCUT2D eigenvalue weighted by atomic mass is 35.5. The van der Waals surface area contributed by atoms with Gasteiger partial charge < -0.3 is 9.52 Å². The highest BCUT2D eigenvalue weighted by Gasteiger charge is 2.42. The summed E-state index contributed by atoms with van der Waals surface area (Å²) in [6.45, 7) is 0. The molecule has 0 saturated carbocycles. The average Bonchev–Trinajstić information content (AvgIpc) is 3.40. The van der Waals surface area contributed by atoms with Crippen molar-refractivity contribution in [3.63, 3.8) is 0 Å². The Kier molecular flexibility index (Phi) is 4.34. The molecule has 0 spiro atoms. The number of aryl methyl sites for hydroxylation is 1. The minimum absolute atomic E-state index is 0.0740. The van der Waals surface area contributed by atoms with Crippen molar-refractivity contribution in [3.8, 4) is 6.07 Å². The standard InChI is InChI=1S/C23H16ClN3O3/c24-20-10-17(4-1-15(20)11-25)27-22(16-7-8-30-12-16)19-6-2-13-9-14(23(28)29)3-5-18(13)21(19)26-27/h1,3-5,7-10,12,19,22H,2,6H2,(H,28,29). The molecular weight excluding hydrogens is 402 g/mol. The van der Waals surface area contributed by atoms with Gasteiger partial charge in [0.1, 0.15) is 6.07 Å². The quantitative estimate of drug-likeness (QED) is 0.645. The van der Waals surface area contributed by atoms with Gasteiger partial charge in [0.25, 0.3) is 0 Å². The summed E-state index contributed by atoms with van der Waals surface area (Å²) in [6.07, 6.45) is 4.99. The van der Waals surface area contributed by atoms with Gasteiger partial charge in [0, 0.05) is 17.0 Å². The number of aromatic carboxylic acids is 1. The van der Waals surface area contributed by atoms with Crippen LogP contribution in [0.1, 0.15) is 45.1 Å². The van der Waals surface area contributed by atoms with E-state index in [-0.39, 0.29) is 17.5 Å². The second kappa shape index (κ2) is 7.05. The van der Waals surface area contributed by atoms with E-state index in [4.69, 9.17) is 21.1 Å². The van der Waals surface area contributed by atoms with Crippen molar-refractivity contribution in [2.24, 2.45) is 11.0 Å². The number of fused-ring (bicyclic) bond motifs is 3. The number of carboxylic acid groups (broad SMARTS) is 1. The number of hydrogen-bond donors (Lipinski definition) is 1. The van der Waals surface area contributed by atoms with E-state index in [1.54, 1.807) is 36.8 Å². The lowest BCUT2D eigenvalue weighted by molar-refractivity contribution is 0.0696. The fraction of sp³-hybridized carbons (Fsp3) is 0.174. The molecule has 2 atom stereocenters. The Morgan fingerprint density at radius 1 is 1.27 bits per heavy atom. The molecule has 2 aliphatic rings. The number of benzene rings is 2. The number of nitriles is 1. The Morgan fingerprint density at radius 2 is 2.13 bits per heavy atom. The first-order chi connectivity index (χ1) is 14.6. The van der Waals surface area contributed by atoms with Gasteiger partial charge >= 0.3 is 5.97 Å². The van der Waals surface area contributed by atoms with Crippen molar-refractivity contribution in [3.05, 3.63) is 87.8 Å². The summed E-state index contributed by atoms with van der Waals surface area (Å²) in [4.78, 5) is 11.4. The highest BCUT2D eigenvalue weighted by Crippen LogP contribution is 2.46. The Labute approximate surface area is 177 Å². The van der Waals surface area contributed by atoms with Crippen molar-refractivity contribution in [1.29, 1.82) is 5.26 Å². The lowest BCUT2D eigenvalue weighted by Crippen LogP contribution is -2.28. The molecule has 6 nitrogen and oxygen atoms in total. The topological polar surface area (TPSA) is 89.8 Å². The molecule has 0 fully saturated rings. The number of rotatable bonds is 3. The highest BCUT2D eigenvalue weighted by molar-refractivity contribution is 6.32. The van der Waals surface area contributed by atoms with Gasteiger partial charge in [-0.1, -0.05) is 17.7 Å². The molecule has 0 amide bonds. The van der Waals surface area contributed by atoms with Gasteiger partial charge in [-0.3, -0.25) is 5.01 Å². The summed E-state index contributed by atoms with van der Waals surface area (Å²) in [6, 6.07) is 14.4. The van der Waals surface area contributed by atoms with E-state index in [2.05, 4.69) is 6.07 Å². The third-order valence-electron chi connectivity index (χ3n) is 5.79. The number of hydrogen-bond acceptors (Lipinski definition) is 5. The van der Waals surface area contributed by atoms with E-state index in [1.807, 2.05) is 23.2 Å². The second-order valence-electron chi connectivity index (χ2n) is 7.43. The molecule has 1 N–H and O–H groups in total. The van der Waals surface area contributed by atoms with E-state index in [9.17, 15) is 15.2 Å². The molecule has 1 aliphatic carbocycles. The minimum Gasteiger partial charge on any atom is -0.478 e. The zero-order valence-corrected chi connectivity index (χ0v) is 16.5.